The summed E-state index contributed by atoms with van der Waals surface area (Å²) >= 11 is 1.65. The molecule has 4 heteroatoms. The van der Waals surface area contributed by atoms with Crippen LogP contribution in [-0.2, 0) is 0 Å². The molecule has 2 N–H and O–H groups in total. The van der Waals surface area contributed by atoms with E-state index in [0.717, 1.165) is 10.6 Å². The highest BCUT2D eigenvalue weighted by Crippen LogP contribution is 2.18. The van der Waals surface area contributed by atoms with Gasteiger partial charge >= 0.3 is 0 Å². The number of aliphatic hydroxyl groups is 1. The van der Waals surface area contributed by atoms with Gasteiger partial charge in [-0.15, -0.1) is 11.8 Å². The zero-order valence-corrected chi connectivity index (χ0v) is 12.4. The van der Waals surface area contributed by atoms with Gasteiger partial charge in [-0.05, 0) is 42.7 Å². The fourth-order valence-corrected chi connectivity index (χ4v) is 2.21. The van der Waals surface area contributed by atoms with Crippen LogP contribution in [0.2, 0.25) is 0 Å². The minimum atomic E-state index is -0.230. The SMILES string of the molecule is CSc1ccc(NC(=O)c2ccccc2C#CCO)cc1. The van der Waals surface area contributed by atoms with Gasteiger partial charge in [0.2, 0.25) is 0 Å². The number of hydrogen-bond acceptors (Lipinski definition) is 3. The monoisotopic (exact) mass is 297 g/mol. The van der Waals surface area contributed by atoms with E-state index in [2.05, 4.69) is 17.2 Å². The number of amides is 1. The van der Waals surface area contributed by atoms with Gasteiger partial charge in [-0.2, -0.15) is 0 Å². The lowest BCUT2D eigenvalue weighted by molar-refractivity contribution is 0.102. The first kappa shape index (κ1) is 15.2. The van der Waals surface area contributed by atoms with Crippen molar-refractivity contribution in [2.75, 3.05) is 18.2 Å². The quantitative estimate of drug-likeness (QED) is 0.676. The molecule has 0 aromatic heterocycles. The Labute approximate surface area is 128 Å². The normalized spacial score (nSPS) is 9.62. The molecule has 0 atom stereocenters. The molecule has 0 heterocycles. The predicted octanol–water partition coefficient (Wildman–Crippen LogP) is 3.00. The van der Waals surface area contributed by atoms with Gasteiger partial charge in [-0.3, -0.25) is 4.79 Å². The Bertz CT molecular complexity index is 684. The van der Waals surface area contributed by atoms with E-state index < -0.39 is 0 Å². The molecular weight excluding hydrogens is 282 g/mol. The van der Waals surface area contributed by atoms with Crippen LogP contribution in [0.3, 0.4) is 0 Å². The van der Waals surface area contributed by atoms with Gasteiger partial charge in [0.15, 0.2) is 0 Å². The van der Waals surface area contributed by atoms with E-state index >= 15 is 0 Å². The lowest BCUT2D eigenvalue weighted by Gasteiger charge is -2.07. The maximum Gasteiger partial charge on any atom is 0.256 e. The topological polar surface area (TPSA) is 49.3 Å². The Morgan fingerprint density at radius 3 is 2.57 bits per heavy atom. The average Bonchev–Trinajstić information content (AvgIpc) is 2.54. The van der Waals surface area contributed by atoms with Crippen molar-refractivity contribution in [1.82, 2.24) is 0 Å². The van der Waals surface area contributed by atoms with Crippen LogP contribution in [0.25, 0.3) is 0 Å². The Hall–Kier alpha value is -2.22. The molecule has 0 unspecified atom stereocenters. The van der Waals surface area contributed by atoms with Crippen molar-refractivity contribution in [1.29, 1.82) is 0 Å². The second kappa shape index (κ2) is 7.53. The largest absolute Gasteiger partial charge is 0.384 e. The molecule has 0 aliphatic rings. The second-order valence-corrected chi connectivity index (χ2v) is 5.07. The third-order valence-corrected chi connectivity index (χ3v) is 3.57. The number of benzene rings is 2. The van der Waals surface area contributed by atoms with Crippen LogP contribution in [-0.4, -0.2) is 23.9 Å². The Balaban J connectivity index is 2.19. The smallest absolute Gasteiger partial charge is 0.256 e. The summed E-state index contributed by atoms with van der Waals surface area (Å²) in [7, 11) is 0. The number of hydrogen-bond donors (Lipinski definition) is 2. The molecule has 2 rings (SSSR count). The molecule has 0 saturated carbocycles. The number of rotatable bonds is 3. The number of carbonyl (C=O) groups excluding carboxylic acids is 1. The molecule has 2 aromatic rings. The summed E-state index contributed by atoms with van der Waals surface area (Å²) in [6, 6.07) is 14.7. The molecule has 0 radical (unpaired) electrons. The van der Waals surface area contributed by atoms with Crippen LogP contribution in [0.5, 0.6) is 0 Å². The first-order valence-corrected chi connectivity index (χ1v) is 7.61. The van der Waals surface area contributed by atoms with Gasteiger partial charge in [0, 0.05) is 16.1 Å². The second-order valence-electron chi connectivity index (χ2n) is 4.19. The van der Waals surface area contributed by atoms with Crippen LogP contribution in [0.15, 0.2) is 53.4 Å². The number of anilines is 1. The Morgan fingerprint density at radius 1 is 1.19 bits per heavy atom. The molecule has 0 fully saturated rings. The molecule has 0 aliphatic carbocycles. The lowest BCUT2D eigenvalue weighted by Crippen LogP contribution is -2.13. The van der Waals surface area contributed by atoms with Gasteiger partial charge in [-0.25, -0.2) is 0 Å². The summed E-state index contributed by atoms with van der Waals surface area (Å²) in [6.45, 7) is -0.230. The minimum absolute atomic E-state index is 0.213. The fraction of sp³-hybridized carbons (Fsp3) is 0.118. The number of aliphatic hydroxyl groups excluding tert-OH is 1. The Kier molecular flexibility index (Phi) is 5.44. The van der Waals surface area contributed by atoms with E-state index in [4.69, 9.17) is 5.11 Å². The summed E-state index contributed by atoms with van der Waals surface area (Å²) in [5, 5.41) is 11.6. The summed E-state index contributed by atoms with van der Waals surface area (Å²) in [5.41, 5.74) is 1.83. The molecule has 106 valence electrons. The summed E-state index contributed by atoms with van der Waals surface area (Å²) in [4.78, 5) is 13.4. The maximum atomic E-state index is 12.3. The zero-order chi connectivity index (χ0) is 15.1. The average molecular weight is 297 g/mol. The maximum absolute atomic E-state index is 12.3. The van der Waals surface area contributed by atoms with Crippen molar-refractivity contribution in [2.24, 2.45) is 0 Å². The Morgan fingerprint density at radius 2 is 1.90 bits per heavy atom. The predicted molar refractivity (Wildman–Crippen MR) is 86.6 cm³/mol. The number of thioether (sulfide) groups is 1. The lowest BCUT2D eigenvalue weighted by atomic mass is 10.1. The molecule has 3 nitrogen and oxygen atoms in total. The number of nitrogens with one attached hydrogen (secondary N) is 1. The van der Waals surface area contributed by atoms with Crippen molar-refractivity contribution in [3.63, 3.8) is 0 Å². The van der Waals surface area contributed by atoms with Crippen LogP contribution >= 0.6 is 11.8 Å². The summed E-state index contributed by atoms with van der Waals surface area (Å²) < 4.78 is 0. The van der Waals surface area contributed by atoms with E-state index in [0.29, 0.717) is 11.1 Å². The van der Waals surface area contributed by atoms with E-state index in [1.54, 1.807) is 30.0 Å². The van der Waals surface area contributed by atoms with E-state index in [1.165, 1.54) is 0 Å². The van der Waals surface area contributed by atoms with Crippen LogP contribution in [0, 0.1) is 11.8 Å². The molecule has 2 aromatic carbocycles. The van der Waals surface area contributed by atoms with Crippen molar-refractivity contribution in [3.8, 4) is 11.8 Å². The molecule has 0 spiro atoms. The summed E-state index contributed by atoms with van der Waals surface area (Å²) in [5.74, 6) is 5.13. The first-order valence-electron chi connectivity index (χ1n) is 6.38. The molecule has 21 heavy (non-hydrogen) atoms. The third-order valence-electron chi connectivity index (χ3n) is 2.82. The van der Waals surface area contributed by atoms with Crippen LogP contribution in [0.4, 0.5) is 5.69 Å². The van der Waals surface area contributed by atoms with Gasteiger partial charge in [0.25, 0.3) is 5.91 Å². The van der Waals surface area contributed by atoms with Gasteiger partial charge in [-0.1, -0.05) is 24.0 Å². The third kappa shape index (κ3) is 4.12. The minimum Gasteiger partial charge on any atom is -0.384 e. The van der Waals surface area contributed by atoms with E-state index in [9.17, 15) is 4.79 Å². The highest BCUT2D eigenvalue weighted by molar-refractivity contribution is 7.98. The molecule has 0 aliphatic heterocycles. The molecule has 0 bridgehead atoms. The number of carbonyl (C=O) groups is 1. The summed E-state index contributed by atoms with van der Waals surface area (Å²) in [6.07, 6.45) is 2.00. The molecule has 0 saturated heterocycles. The highest BCUT2D eigenvalue weighted by Gasteiger charge is 2.09. The van der Waals surface area contributed by atoms with Crippen molar-refractivity contribution < 1.29 is 9.90 Å². The molecule has 1 amide bonds. The highest BCUT2D eigenvalue weighted by atomic mass is 32.2. The van der Waals surface area contributed by atoms with E-state index in [1.807, 2.05) is 36.6 Å². The van der Waals surface area contributed by atoms with Gasteiger partial charge in [0.05, 0.1) is 5.56 Å². The van der Waals surface area contributed by atoms with Gasteiger partial charge in [0.1, 0.15) is 6.61 Å². The zero-order valence-electron chi connectivity index (χ0n) is 11.6. The van der Waals surface area contributed by atoms with Crippen molar-refractivity contribution in [2.45, 2.75) is 4.90 Å². The first-order chi connectivity index (χ1) is 10.2. The van der Waals surface area contributed by atoms with Crippen molar-refractivity contribution >= 4 is 23.4 Å². The van der Waals surface area contributed by atoms with Crippen LogP contribution in [0.1, 0.15) is 15.9 Å². The van der Waals surface area contributed by atoms with E-state index in [-0.39, 0.29) is 12.5 Å². The fourth-order valence-electron chi connectivity index (χ4n) is 1.80. The standard InChI is InChI=1S/C17H15NO2S/c1-21-15-10-8-14(9-11-15)18-17(20)16-7-3-2-5-13(16)6-4-12-19/h2-3,5,7-11,19H,12H2,1H3,(H,18,20). The van der Waals surface area contributed by atoms with Crippen molar-refractivity contribution in [3.05, 3.63) is 59.7 Å². The molecular formula is C17H15NO2S. The van der Waals surface area contributed by atoms with Crippen LogP contribution < -0.4 is 5.32 Å². The van der Waals surface area contributed by atoms with Gasteiger partial charge < -0.3 is 10.4 Å².